The number of benzene rings is 4. The summed E-state index contributed by atoms with van der Waals surface area (Å²) >= 11 is 12.4. The topological polar surface area (TPSA) is 75.7 Å². The molecule has 230 valence electrons. The zero-order valence-corrected chi connectivity index (χ0v) is 26.6. The maximum atomic E-state index is 13.6. The van der Waals surface area contributed by atoms with Crippen LogP contribution in [0, 0.1) is 0 Å². The molecule has 2 atom stereocenters. The molecule has 0 fully saturated rings. The highest BCUT2D eigenvalue weighted by atomic mass is 35.5. The van der Waals surface area contributed by atoms with Gasteiger partial charge in [-0.15, -0.1) is 0 Å². The van der Waals surface area contributed by atoms with E-state index in [9.17, 15) is 14.4 Å². The predicted octanol–water partition coefficient (Wildman–Crippen LogP) is 8.06. The molecule has 2 amide bonds. The molecule has 0 aromatic heterocycles. The molecule has 0 aliphatic carbocycles. The van der Waals surface area contributed by atoms with Crippen molar-refractivity contribution in [3.8, 4) is 0 Å². The van der Waals surface area contributed by atoms with Crippen molar-refractivity contribution in [2.24, 2.45) is 0 Å². The van der Waals surface area contributed by atoms with Gasteiger partial charge in [-0.25, -0.2) is 4.79 Å². The highest BCUT2D eigenvalue weighted by Crippen LogP contribution is 2.39. The Morgan fingerprint density at radius 1 is 0.889 bits per heavy atom. The summed E-state index contributed by atoms with van der Waals surface area (Å²) < 4.78 is 5.41. The minimum absolute atomic E-state index is 0.0574. The van der Waals surface area contributed by atoms with Gasteiger partial charge in [-0.1, -0.05) is 102 Å². The Labute approximate surface area is 273 Å². The SMILES string of the molecule is CCOC(=O)C1=C(C)N(Cc2cccc(C(=O)N[C@H](Cc3ccccc3)c3ccccc3)c2)C(=O)C[C@@H]1c1ccc(Cl)c(Cl)c1. The van der Waals surface area contributed by atoms with Crippen molar-refractivity contribution in [3.63, 3.8) is 0 Å². The Morgan fingerprint density at radius 3 is 2.27 bits per heavy atom. The van der Waals surface area contributed by atoms with Gasteiger partial charge in [0, 0.05) is 23.6 Å². The first kappa shape index (κ1) is 32.0. The number of allylic oxidation sites excluding steroid dienone is 1. The van der Waals surface area contributed by atoms with E-state index in [0.717, 1.165) is 16.7 Å². The monoisotopic (exact) mass is 640 g/mol. The Balaban J connectivity index is 1.40. The zero-order chi connectivity index (χ0) is 31.9. The highest BCUT2D eigenvalue weighted by molar-refractivity contribution is 6.42. The van der Waals surface area contributed by atoms with E-state index in [0.29, 0.717) is 38.9 Å². The van der Waals surface area contributed by atoms with Gasteiger partial charge in [0.1, 0.15) is 0 Å². The average molecular weight is 642 g/mol. The third kappa shape index (κ3) is 7.64. The number of rotatable bonds is 10. The first-order valence-electron chi connectivity index (χ1n) is 14.9. The summed E-state index contributed by atoms with van der Waals surface area (Å²) in [7, 11) is 0. The van der Waals surface area contributed by atoms with Crippen molar-refractivity contribution in [2.45, 2.75) is 45.2 Å². The third-order valence-corrected chi connectivity index (χ3v) is 8.72. The van der Waals surface area contributed by atoms with Crippen LogP contribution in [0.5, 0.6) is 0 Å². The van der Waals surface area contributed by atoms with Crippen LogP contribution >= 0.6 is 23.2 Å². The Morgan fingerprint density at radius 2 is 1.58 bits per heavy atom. The molecule has 5 rings (SSSR count). The summed E-state index contributed by atoms with van der Waals surface area (Å²) in [6.07, 6.45) is 0.695. The van der Waals surface area contributed by atoms with E-state index in [2.05, 4.69) is 5.32 Å². The molecular formula is C37H34Cl2N2O4. The van der Waals surface area contributed by atoms with Gasteiger partial charge in [-0.2, -0.15) is 0 Å². The van der Waals surface area contributed by atoms with Gasteiger partial charge in [-0.05, 0) is 66.8 Å². The normalized spacial score (nSPS) is 15.5. The van der Waals surface area contributed by atoms with E-state index in [1.807, 2.05) is 66.7 Å². The molecular weight excluding hydrogens is 607 g/mol. The number of halogens is 2. The summed E-state index contributed by atoms with van der Waals surface area (Å²) in [6, 6.07) is 32.0. The highest BCUT2D eigenvalue weighted by Gasteiger charge is 2.37. The van der Waals surface area contributed by atoms with Crippen molar-refractivity contribution >= 4 is 41.0 Å². The lowest BCUT2D eigenvalue weighted by Crippen LogP contribution is -2.38. The van der Waals surface area contributed by atoms with E-state index in [1.54, 1.807) is 55.1 Å². The fourth-order valence-electron chi connectivity index (χ4n) is 5.71. The van der Waals surface area contributed by atoms with Crippen molar-refractivity contribution < 1.29 is 19.1 Å². The Hall–Kier alpha value is -4.39. The molecule has 0 radical (unpaired) electrons. The van der Waals surface area contributed by atoms with Crippen LogP contribution < -0.4 is 5.32 Å². The van der Waals surface area contributed by atoms with Crippen LogP contribution in [-0.4, -0.2) is 29.3 Å². The number of hydrogen-bond acceptors (Lipinski definition) is 4. The minimum Gasteiger partial charge on any atom is -0.463 e. The van der Waals surface area contributed by atoms with Gasteiger partial charge >= 0.3 is 5.97 Å². The Bertz CT molecular complexity index is 1720. The largest absolute Gasteiger partial charge is 0.463 e. The first-order chi connectivity index (χ1) is 21.7. The lowest BCUT2D eigenvalue weighted by Gasteiger charge is -2.34. The first-order valence-corrected chi connectivity index (χ1v) is 15.6. The van der Waals surface area contributed by atoms with Gasteiger partial charge in [0.15, 0.2) is 0 Å². The van der Waals surface area contributed by atoms with Crippen molar-refractivity contribution in [3.05, 3.63) is 152 Å². The molecule has 0 unspecified atom stereocenters. The average Bonchev–Trinajstić information content (AvgIpc) is 3.05. The van der Waals surface area contributed by atoms with E-state index in [1.165, 1.54) is 0 Å². The lowest BCUT2D eigenvalue weighted by molar-refractivity contribution is -0.140. The Kier molecular flexibility index (Phi) is 10.4. The van der Waals surface area contributed by atoms with Crippen LogP contribution in [-0.2, 0) is 27.3 Å². The number of hydrogen-bond donors (Lipinski definition) is 1. The number of ether oxygens (including phenoxy) is 1. The van der Waals surface area contributed by atoms with Crippen molar-refractivity contribution in [1.82, 2.24) is 10.2 Å². The fraction of sp³-hybridized carbons (Fsp3) is 0.216. The molecule has 0 bridgehead atoms. The van der Waals surface area contributed by atoms with Crippen molar-refractivity contribution in [2.75, 3.05) is 6.61 Å². The summed E-state index contributed by atoms with van der Waals surface area (Å²) in [4.78, 5) is 41.9. The predicted molar refractivity (Wildman–Crippen MR) is 177 cm³/mol. The van der Waals surface area contributed by atoms with Crippen LogP contribution in [0.15, 0.2) is 114 Å². The molecule has 0 saturated heterocycles. The van der Waals surface area contributed by atoms with Crippen LogP contribution in [0.1, 0.15) is 64.8 Å². The molecule has 1 heterocycles. The standard InChI is InChI=1S/C37H34Cl2N2O4/c1-3-45-37(44)35-24(2)41(34(42)22-30(35)28-17-18-31(38)32(39)21-28)23-26-13-10-16-29(19-26)36(43)40-33(27-14-8-5-9-15-27)20-25-11-6-4-7-12-25/h4-19,21,30,33H,3,20,22-23H2,1-2H3,(H,40,43)/t30-,33-/m1/s1. The van der Waals surface area contributed by atoms with Crippen LogP contribution in [0.4, 0.5) is 0 Å². The summed E-state index contributed by atoms with van der Waals surface area (Å²) in [5, 5.41) is 3.94. The second-order valence-electron chi connectivity index (χ2n) is 11.0. The molecule has 1 aliphatic heterocycles. The maximum Gasteiger partial charge on any atom is 0.336 e. The molecule has 0 spiro atoms. The third-order valence-electron chi connectivity index (χ3n) is 7.98. The fourth-order valence-corrected chi connectivity index (χ4v) is 6.02. The number of nitrogens with one attached hydrogen (secondary N) is 1. The number of amides is 2. The van der Waals surface area contributed by atoms with E-state index >= 15 is 0 Å². The van der Waals surface area contributed by atoms with E-state index in [-0.39, 0.29) is 37.4 Å². The van der Waals surface area contributed by atoms with Crippen LogP contribution in [0.2, 0.25) is 10.0 Å². The number of carbonyl (C=O) groups excluding carboxylic acids is 3. The molecule has 1 aliphatic rings. The molecule has 8 heteroatoms. The molecule has 1 N–H and O–H groups in total. The van der Waals surface area contributed by atoms with E-state index < -0.39 is 11.9 Å². The quantitative estimate of drug-likeness (QED) is 0.178. The summed E-state index contributed by atoms with van der Waals surface area (Å²) in [6.45, 7) is 3.88. The van der Waals surface area contributed by atoms with Crippen molar-refractivity contribution in [1.29, 1.82) is 0 Å². The number of carbonyl (C=O) groups is 3. The van der Waals surface area contributed by atoms with Crippen LogP contribution in [0.25, 0.3) is 0 Å². The molecule has 6 nitrogen and oxygen atoms in total. The molecule has 0 saturated carbocycles. The molecule has 4 aromatic rings. The van der Waals surface area contributed by atoms with Gasteiger partial charge in [-0.3, -0.25) is 9.59 Å². The van der Waals surface area contributed by atoms with E-state index in [4.69, 9.17) is 27.9 Å². The van der Waals surface area contributed by atoms with Crippen LogP contribution in [0.3, 0.4) is 0 Å². The maximum absolute atomic E-state index is 13.6. The lowest BCUT2D eigenvalue weighted by atomic mass is 9.83. The smallest absolute Gasteiger partial charge is 0.336 e. The molecule has 4 aromatic carbocycles. The second kappa shape index (κ2) is 14.6. The number of esters is 1. The van der Waals surface area contributed by atoms with Gasteiger partial charge in [0.2, 0.25) is 5.91 Å². The molecule has 45 heavy (non-hydrogen) atoms. The zero-order valence-electron chi connectivity index (χ0n) is 25.1. The van der Waals surface area contributed by atoms with Gasteiger partial charge < -0.3 is 15.0 Å². The van der Waals surface area contributed by atoms with Gasteiger partial charge in [0.25, 0.3) is 5.91 Å². The van der Waals surface area contributed by atoms with Gasteiger partial charge in [0.05, 0.1) is 34.8 Å². The number of nitrogens with zero attached hydrogens (tertiary/aromatic N) is 1. The summed E-state index contributed by atoms with van der Waals surface area (Å²) in [5.41, 5.74) is 4.97. The minimum atomic E-state index is -0.529. The summed E-state index contributed by atoms with van der Waals surface area (Å²) in [5.74, 6) is -1.38. The second-order valence-corrected chi connectivity index (χ2v) is 11.8.